The number of rotatable bonds is 3. The summed E-state index contributed by atoms with van der Waals surface area (Å²) >= 11 is 5.35. The first-order valence-electron chi connectivity index (χ1n) is 6.38. The van der Waals surface area contributed by atoms with Crippen molar-refractivity contribution in [3.63, 3.8) is 0 Å². The Labute approximate surface area is 173 Å². The van der Waals surface area contributed by atoms with Gasteiger partial charge >= 0.3 is 57.4 Å². The molecule has 0 radical (unpaired) electrons. The van der Waals surface area contributed by atoms with E-state index in [9.17, 15) is 14.7 Å². The molecule has 1 fully saturated rings. The summed E-state index contributed by atoms with van der Waals surface area (Å²) in [5.41, 5.74) is 0. The van der Waals surface area contributed by atoms with E-state index in [-0.39, 0.29) is 73.4 Å². The predicted octanol–water partition coefficient (Wildman–Crippen LogP) is -0.914. The first-order valence-corrected chi connectivity index (χ1v) is 7.67. The average molecular weight is 345 g/mol. The third kappa shape index (κ3) is 12.7. The number of hydrogen-bond donors (Lipinski definition) is 0. The van der Waals surface area contributed by atoms with E-state index in [2.05, 4.69) is 12.2 Å². The van der Waals surface area contributed by atoms with Crippen LogP contribution in [0.2, 0.25) is 0 Å². The molecule has 0 saturated heterocycles. The molecule has 0 aromatic carbocycles. The van der Waals surface area contributed by atoms with Crippen LogP contribution in [-0.2, 0) is 14.3 Å². The standard InChI is InChI=1S/C11H18O3S.C2H4OS.K/c1-3-14-11(13)9-5-4-6-10(7-9)15-8(2)12;1-2(3)4;/h9-10H,3-7H2,1-2H3;1H3,(H,3,4);/q;;+1/p-1. The van der Waals surface area contributed by atoms with Crippen molar-refractivity contribution in [1.82, 2.24) is 0 Å². The van der Waals surface area contributed by atoms with Gasteiger partial charge in [-0.25, -0.2) is 0 Å². The molecule has 1 aliphatic carbocycles. The number of carbonyl (C=O) groups is 2. The van der Waals surface area contributed by atoms with Gasteiger partial charge in [-0.05, 0) is 33.1 Å². The van der Waals surface area contributed by atoms with Crippen LogP contribution >= 0.6 is 24.0 Å². The number of thioether (sulfide) groups is 1. The number of ether oxygens (including phenoxy) is 1. The van der Waals surface area contributed by atoms with Gasteiger partial charge in [0.05, 0.1) is 12.5 Å². The summed E-state index contributed by atoms with van der Waals surface area (Å²) in [5.74, 6) is -0.0816. The molecule has 2 atom stereocenters. The second-order valence-electron chi connectivity index (χ2n) is 4.34. The van der Waals surface area contributed by atoms with Crippen LogP contribution in [0.1, 0.15) is 46.5 Å². The summed E-state index contributed by atoms with van der Waals surface area (Å²) in [4.78, 5) is 22.5. The third-order valence-corrected chi connectivity index (χ3v) is 3.67. The monoisotopic (exact) mass is 344 g/mol. The van der Waals surface area contributed by atoms with Gasteiger partial charge in [0.2, 0.25) is 0 Å². The molecule has 1 saturated carbocycles. The fraction of sp³-hybridized carbons (Fsp3) is 0.769. The van der Waals surface area contributed by atoms with E-state index >= 15 is 0 Å². The summed E-state index contributed by atoms with van der Waals surface area (Å²) in [5, 5.41) is 9.46. The first kappa shape index (κ1) is 23.3. The largest absolute Gasteiger partial charge is 1.00 e. The molecule has 0 spiro atoms. The normalized spacial score (nSPS) is 20.8. The SMILES string of the molecule is CC([O-])=S.CCOC(=O)C1CCCC(SC(C)=O)C1.[K+]. The van der Waals surface area contributed by atoms with E-state index in [1.807, 2.05) is 6.92 Å². The molecule has 1 aliphatic rings. The smallest absolute Gasteiger partial charge is 0.868 e. The molecular formula is C13H21KO4S2. The second-order valence-corrected chi connectivity index (χ2v) is 6.39. The van der Waals surface area contributed by atoms with Crippen LogP contribution in [0.15, 0.2) is 0 Å². The molecule has 2 unspecified atom stereocenters. The quantitative estimate of drug-likeness (QED) is 0.375. The molecule has 4 nitrogen and oxygen atoms in total. The van der Waals surface area contributed by atoms with Crippen LogP contribution in [0, 0.1) is 5.92 Å². The number of esters is 1. The summed E-state index contributed by atoms with van der Waals surface area (Å²) < 4.78 is 5.00. The molecule has 0 bridgehead atoms. The summed E-state index contributed by atoms with van der Waals surface area (Å²) in [6.45, 7) is 5.19. The fourth-order valence-electron chi connectivity index (χ4n) is 1.96. The van der Waals surface area contributed by atoms with E-state index < -0.39 is 0 Å². The molecule has 0 N–H and O–H groups in total. The van der Waals surface area contributed by atoms with Crippen molar-refractivity contribution >= 4 is 40.1 Å². The topological polar surface area (TPSA) is 66.4 Å². The average Bonchev–Trinajstić information content (AvgIpc) is 2.28. The molecule has 0 amide bonds. The number of hydrogen-bond acceptors (Lipinski definition) is 6. The van der Waals surface area contributed by atoms with Crippen LogP contribution < -0.4 is 56.5 Å². The molecular weight excluding hydrogens is 323 g/mol. The van der Waals surface area contributed by atoms with Crippen molar-refractivity contribution in [1.29, 1.82) is 0 Å². The van der Waals surface area contributed by atoms with E-state index in [1.54, 1.807) is 6.92 Å². The Kier molecular flexibility index (Phi) is 15.9. The zero-order valence-corrected chi connectivity index (χ0v) is 17.4. The zero-order chi connectivity index (χ0) is 14.8. The number of carbonyl (C=O) groups excluding carboxylic acids is 2. The van der Waals surface area contributed by atoms with Gasteiger partial charge in [-0.2, -0.15) is 0 Å². The molecule has 1 rings (SSSR count). The van der Waals surface area contributed by atoms with Crippen molar-refractivity contribution in [3.8, 4) is 0 Å². The maximum Gasteiger partial charge on any atom is 1.00 e. The minimum absolute atomic E-state index is 0. The summed E-state index contributed by atoms with van der Waals surface area (Å²) in [7, 11) is 0. The van der Waals surface area contributed by atoms with Crippen molar-refractivity contribution in [2.75, 3.05) is 6.61 Å². The Balaban J connectivity index is 0. The maximum absolute atomic E-state index is 11.5. The Bertz CT molecular complexity index is 319. The van der Waals surface area contributed by atoms with Gasteiger partial charge in [-0.15, -0.1) is 12.2 Å². The van der Waals surface area contributed by atoms with Gasteiger partial charge in [-0.1, -0.05) is 23.2 Å². The molecule has 7 heteroatoms. The fourth-order valence-corrected chi connectivity index (χ4v) is 3.04. The van der Waals surface area contributed by atoms with Crippen LogP contribution in [0.3, 0.4) is 0 Å². The van der Waals surface area contributed by atoms with Gasteiger partial charge in [0.15, 0.2) is 5.12 Å². The molecule has 0 aliphatic heterocycles. The Hall–Kier alpha value is 1.02. The Morgan fingerprint density at radius 1 is 1.35 bits per heavy atom. The van der Waals surface area contributed by atoms with Gasteiger partial charge in [0.1, 0.15) is 0 Å². The minimum atomic E-state index is -0.250. The van der Waals surface area contributed by atoms with Crippen molar-refractivity contribution < 1.29 is 70.8 Å². The van der Waals surface area contributed by atoms with E-state index in [4.69, 9.17) is 4.74 Å². The number of thiocarbonyl (C=S) groups is 1. The first-order chi connectivity index (χ1) is 8.86. The van der Waals surface area contributed by atoms with Crippen LogP contribution in [0.5, 0.6) is 0 Å². The van der Waals surface area contributed by atoms with Gasteiger partial charge in [0.25, 0.3) is 0 Å². The Morgan fingerprint density at radius 2 is 1.90 bits per heavy atom. The van der Waals surface area contributed by atoms with Crippen molar-refractivity contribution in [3.05, 3.63) is 0 Å². The van der Waals surface area contributed by atoms with Crippen molar-refractivity contribution in [2.24, 2.45) is 5.92 Å². The van der Waals surface area contributed by atoms with Crippen molar-refractivity contribution in [2.45, 2.75) is 51.7 Å². The van der Waals surface area contributed by atoms with Gasteiger partial charge < -0.3 is 9.84 Å². The molecule has 0 aromatic rings. The van der Waals surface area contributed by atoms with E-state index in [0.717, 1.165) is 25.7 Å². The molecule has 0 heterocycles. The summed E-state index contributed by atoms with van der Waals surface area (Å²) in [6, 6.07) is 0. The van der Waals surface area contributed by atoms with Crippen LogP contribution in [0.4, 0.5) is 0 Å². The maximum atomic E-state index is 11.5. The second kappa shape index (κ2) is 13.7. The van der Waals surface area contributed by atoms with E-state index in [1.165, 1.54) is 18.7 Å². The van der Waals surface area contributed by atoms with E-state index in [0.29, 0.717) is 11.9 Å². The zero-order valence-electron chi connectivity index (χ0n) is 12.6. The molecule has 110 valence electrons. The molecule has 20 heavy (non-hydrogen) atoms. The predicted molar refractivity (Wildman–Crippen MR) is 78.9 cm³/mol. The van der Waals surface area contributed by atoms with Gasteiger partial charge in [0, 0.05) is 12.2 Å². The molecule has 0 aromatic heterocycles. The Morgan fingerprint density at radius 3 is 2.35 bits per heavy atom. The minimum Gasteiger partial charge on any atom is -0.868 e. The third-order valence-electron chi connectivity index (χ3n) is 2.58. The van der Waals surface area contributed by atoms with Crippen LogP contribution in [-0.4, -0.2) is 28.0 Å². The van der Waals surface area contributed by atoms with Crippen LogP contribution in [0.25, 0.3) is 0 Å². The summed E-state index contributed by atoms with van der Waals surface area (Å²) in [6.07, 6.45) is 3.77. The van der Waals surface area contributed by atoms with Gasteiger partial charge in [-0.3, -0.25) is 9.59 Å².